The van der Waals surface area contributed by atoms with Crippen molar-refractivity contribution in [2.24, 2.45) is 0 Å². The van der Waals surface area contributed by atoms with E-state index in [-0.39, 0.29) is 0 Å². The number of fused-ring (bicyclic) bond motifs is 1. The van der Waals surface area contributed by atoms with Crippen molar-refractivity contribution in [3.8, 4) is 0 Å². The molecule has 26 heavy (non-hydrogen) atoms. The van der Waals surface area contributed by atoms with Crippen LogP contribution in [0, 0.1) is 20.8 Å². The predicted molar refractivity (Wildman–Crippen MR) is 107 cm³/mol. The maximum absolute atomic E-state index is 12.5. The van der Waals surface area contributed by atoms with Gasteiger partial charge < -0.3 is 10.1 Å². The van der Waals surface area contributed by atoms with Crippen LogP contribution in [0.15, 0.2) is 36.5 Å². The van der Waals surface area contributed by atoms with Crippen molar-refractivity contribution in [2.45, 2.75) is 27.7 Å². The summed E-state index contributed by atoms with van der Waals surface area (Å²) in [6, 6.07) is 9.82. The molecule has 134 valence electrons. The number of anilines is 2. The molecule has 0 saturated carbocycles. The highest BCUT2D eigenvalue weighted by atomic mass is 35.5. The summed E-state index contributed by atoms with van der Waals surface area (Å²) in [6.07, 6.45) is 1.57. The Labute approximate surface area is 158 Å². The number of halogens is 1. The highest BCUT2D eigenvalue weighted by Crippen LogP contribution is 2.33. The molecule has 0 fully saturated rings. The minimum Gasteiger partial charge on any atom is -0.462 e. The van der Waals surface area contributed by atoms with Gasteiger partial charge in [-0.15, -0.1) is 0 Å². The number of esters is 1. The van der Waals surface area contributed by atoms with Gasteiger partial charge in [0.15, 0.2) is 0 Å². The molecule has 1 heterocycles. The minimum absolute atomic E-state index is 0.305. The summed E-state index contributed by atoms with van der Waals surface area (Å²) in [7, 11) is 0. The third-order valence-electron chi connectivity index (χ3n) is 4.24. The second-order valence-electron chi connectivity index (χ2n) is 6.33. The summed E-state index contributed by atoms with van der Waals surface area (Å²) in [4.78, 5) is 17.0. The van der Waals surface area contributed by atoms with Gasteiger partial charge in [-0.2, -0.15) is 0 Å². The highest BCUT2D eigenvalue weighted by Gasteiger charge is 2.18. The Hall–Kier alpha value is -2.59. The van der Waals surface area contributed by atoms with E-state index in [1.165, 1.54) is 0 Å². The normalized spacial score (nSPS) is 10.8. The minimum atomic E-state index is -0.401. The Bertz CT molecular complexity index is 999. The molecule has 0 saturated heterocycles. The largest absolute Gasteiger partial charge is 0.462 e. The van der Waals surface area contributed by atoms with Crippen molar-refractivity contribution in [1.29, 1.82) is 0 Å². The lowest BCUT2D eigenvalue weighted by molar-refractivity contribution is 0.0527. The third-order valence-corrected chi connectivity index (χ3v) is 4.65. The molecular weight excluding hydrogens is 348 g/mol. The number of nitrogens with zero attached hydrogens (tertiary/aromatic N) is 1. The van der Waals surface area contributed by atoms with Crippen LogP contribution < -0.4 is 5.32 Å². The second kappa shape index (κ2) is 7.34. The van der Waals surface area contributed by atoms with Crippen molar-refractivity contribution >= 4 is 39.8 Å². The number of carbonyl (C=O) groups is 1. The summed E-state index contributed by atoms with van der Waals surface area (Å²) in [5, 5.41) is 4.90. The standard InChI is InChI=1S/C21H21ClN2O2/c1-5-26-21(25)17-11-23-19-14(4)8-12(2)9-16(19)20(17)24-15-7-6-13(3)18(22)10-15/h6-11H,5H2,1-4H3,(H,23,24). The van der Waals surface area contributed by atoms with Crippen LogP contribution in [0.3, 0.4) is 0 Å². The Morgan fingerprint density at radius 3 is 2.62 bits per heavy atom. The van der Waals surface area contributed by atoms with Gasteiger partial charge in [-0.3, -0.25) is 4.98 Å². The number of carbonyl (C=O) groups excluding carboxylic acids is 1. The number of rotatable bonds is 4. The van der Waals surface area contributed by atoms with E-state index in [9.17, 15) is 4.79 Å². The summed E-state index contributed by atoms with van der Waals surface area (Å²) in [5.41, 5.74) is 5.89. The number of pyridine rings is 1. The van der Waals surface area contributed by atoms with Gasteiger partial charge in [0.2, 0.25) is 0 Å². The molecule has 0 bridgehead atoms. The maximum Gasteiger partial charge on any atom is 0.341 e. The van der Waals surface area contributed by atoms with Crippen molar-refractivity contribution in [3.63, 3.8) is 0 Å². The molecule has 1 aromatic heterocycles. The van der Waals surface area contributed by atoms with Crippen LogP contribution in [0.1, 0.15) is 34.0 Å². The third kappa shape index (κ3) is 3.51. The zero-order chi connectivity index (χ0) is 18.8. The van der Waals surface area contributed by atoms with E-state index in [1.807, 2.05) is 45.0 Å². The Morgan fingerprint density at radius 1 is 1.15 bits per heavy atom. The van der Waals surface area contributed by atoms with Crippen LogP contribution in [0.2, 0.25) is 5.02 Å². The van der Waals surface area contributed by atoms with E-state index in [1.54, 1.807) is 13.1 Å². The number of aryl methyl sites for hydroxylation is 3. The number of aromatic nitrogens is 1. The zero-order valence-corrected chi connectivity index (χ0v) is 16.1. The van der Waals surface area contributed by atoms with E-state index in [4.69, 9.17) is 16.3 Å². The van der Waals surface area contributed by atoms with Crippen LogP contribution in [0.4, 0.5) is 11.4 Å². The topological polar surface area (TPSA) is 51.2 Å². The van der Waals surface area contributed by atoms with Crippen LogP contribution in [-0.2, 0) is 4.74 Å². The Kier molecular flexibility index (Phi) is 5.14. The van der Waals surface area contributed by atoms with Crippen LogP contribution in [0.5, 0.6) is 0 Å². The molecule has 0 amide bonds. The monoisotopic (exact) mass is 368 g/mol. The summed E-state index contributed by atoms with van der Waals surface area (Å²) >= 11 is 6.26. The SMILES string of the molecule is CCOC(=O)c1cnc2c(C)cc(C)cc2c1Nc1ccc(C)c(Cl)c1. The quantitative estimate of drug-likeness (QED) is 0.597. The molecule has 3 aromatic rings. The molecular formula is C21H21ClN2O2. The first-order valence-electron chi connectivity index (χ1n) is 8.51. The molecule has 0 aliphatic heterocycles. The molecule has 5 heteroatoms. The van der Waals surface area contributed by atoms with Gasteiger partial charge in [0.05, 0.1) is 17.8 Å². The van der Waals surface area contributed by atoms with Gasteiger partial charge in [-0.25, -0.2) is 4.79 Å². The molecule has 3 rings (SSSR count). The fourth-order valence-electron chi connectivity index (χ4n) is 2.97. The average Bonchev–Trinajstić information content (AvgIpc) is 2.58. The van der Waals surface area contributed by atoms with Gasteiger partial charge in [0, 0.05) is 22.3 Å². The molecule has 1 N–H and O–H groups in total. The van der Waals surface area contributed by atoms with Crippen molar-refractivity contribution < 1.29 is 9.53 Å². The number of hydrogen-bond donors (Lipinski definition) is 1. The van der Waals surface area contributed by atoms with Gasteiger partial charge in [-0.1, -0.05) is 29.3 Å². The summed E-state index contributed by atoms with van der Waals surface area (Å²) in [5.74, 6) is -0.401. The Morgan fingerprint density at radius 2 is 1.92 bits per heavy atom. The van der Waals surface area contributed by atoms with Crippen molar-refractivity contribution in [2.75, 3.05) is 11.9 Å². The van der Waals surface area contributed by atoms with E-state index < -0.39 is 5.97 Å². The predicted octanol–water partition coefficient (Wildman–Crippen LogP) is 5.73. The average molecular weight is 369 g/mol. The van der Waals surface area contributed by atoms with E-state index in [0.717, 1.165) is 33.3 Å². The first-order valence-corrected chi connectivity index (χ1v) is 8.88. The highest BCUT2D eigenvalue weighted by molar-refractivity contribution is 6.31. The molecule has 0 radical (unpaired) electrons. The van der Waals surface area contributed by atoms with Gasteiger partial charge in [-0.05, 0) is 57.0 Å². The first-order chi connectivity index (χ1) is 12.4. The molecule has 0 atom stereocenters. The van der Waals surface area contributed by atoms with E-state index in [2.05, 4.69) is 16.4 Å². The van der Waals surface area contributed by atoms with Gasteiger partial charge in [0.25, 0.3) is 0 Å². The van der Waals surface area contributed by atoms with Crippen molar-refractivity contribution in [3.05, 3.63) is 63.8 Å². The fraction of sp³-hybridized carbons (Fsp3) is 0.238. The van der Waals surface area contributed by atoms with Crippen molar-refractivity contribution in [1.82, 2.24) is 4.98 Å². The maximum atomic E-state index is 12.5. The van der Waals surface area contributed by atoms with Crippen LogP contribution in [-0.4, -0.2) is 17.6 Å². The second-order valence-corrected chi connectivity index (χ2v) is 6.74. The Balaban J connectivity index is 2.22. The summed E-state index contributed by atoms with van der Waals surface area (Å²) in [6.45, 7) is 8.08. The number of nitrogens with one attached hydrogen (secondary N) is 1. The molecule has 4 nitrogen and oxygen atoms in total. The summed E-state index contributed by atoms with van der Waals surface area (Å²) < 4.78 is 5.21. The molecule has 0 aliphatic carbocycles. The van der Waals surface area contributed by atoms with Crippen LogP contribution in [0.25, 0.3) is 10.9 Å². The lowest BCUT2D eigenvalue weighted by Gasteiger charge is -2.16. The lowest BCUT2D eigenvalue weighted by Crippen LogP contribution is -2.09. The van der Waals surface area contributed by atoms with E-state index >= 15 is 0 Å². The van der Waals surface area contributed by atoms with Gasteiger partial charge in [0.1, 0.15) is 5.56 Å². The number of hydrogen-bond acceptors (Lipinski definition) is 4. The zero-order valence-electron chi connectivity index (χ0n) is 15.3. The molecule has 0 aliphatic rings. The lowest BCUT2D eigenvalue weighted by atomic mass is 10.0. The molecule has 0 unspecified atom stereocenters. The first kappa shape index (κ1) is 18.2. The molecule has 2 aromatic carbocycles. The van der Waals surface area contributed by atoms with Gasteiger partial charge >= 0.3 is 5.97 Å². The van der Waals surface area contributed by atoms with Crippen LogP contribution >= 0.6 is 11.6 Å². The van der Waals surface area contributed by atoms with E-state index in [0.29, 0.717) is 22.9 Å². The number of benzene rings is 2. The molecule has 0 spiro atoms. The number of ether oxygens (including phenoxy) is 1. The fourth-order valence-corrected chi connectivity index (χ4v) is 3.15. The smallest absolute Gasteiger partial charge is 0.341 e.